The Morgan fingerprint density at radius 2 is 2.00 bits per heavy atom. The zero-order valence-electron chi connectivity index (χ0n) is 11.6. The highest BCUT2D eigenvalue weighted by Gasteiger charge is 2.20. The molecule has 108 valence electrons. The fourth-order valence-electron chi connectivity index (χ4n) is 1.55. The summed E-state index contributed by atoms with van der Waals surface area (Å²) in [5.74, 6) is -0.477. The standard InChI is InChI=1S/C12H21N3O4/c1-4-15-11(10(13)9(2)14-15)12(16)19-8-7-18-6-5-17-3/h4-8,13H2,1-3H3. The predicted octanol–water partition coefficient (Wildman–Crippen LogP) is 0.613. The number of nitrogens with zero attached hydrogens (tertiary/aromatic N) is 2. The van der Waals surface area contributed by atoms with E-state index in [-0.39, 0.29) is 6.61 Å². The van der Waals surface area contributed by atoms with Gasteiger partial charge in [-0.3, -0.25) is 4.68 Å². The van der Waals surface area contributed by atoms with Crippen molar-refractivity contribution in [1.29, 1.82) is 0 Å². The van der Waals surface area contributed by atoms with Crippen molar-refractivity contribution >= 4 is 11.7 Å². The predicted molar refractivity (Wildman–Crippen MR) is 70.0 cm³/mol. The molecule has 1 rings (SSSR count). The molecule has 1 aromatic rings. The topological polar surface area (TPSA) is 88.6 Å². The number of hydrogen-bond donors (Lipinski definition) is 1. The number of rotatable bonds is 8. The molecule has 1 aromatic heterocycles. The Labute approximate surface area is 112 Å². The van der Waals surface area contributed by atoms with Gasteiger partial charge in [-0.2, -0.15) is 5.10 Å². The first-order valence-corrected chi connectivity index (χ1v) is 6.18. The molecule has 0 spiro atoms. The van der Waals surface area contributed by atoms with Crippen LogP contribution in [0.25, 0.3) is 0 Å². The van der Waals surface area contributed by atoms with Crippen molar-refractivity contribution < 1.29 is 19.0 Å². The lowest BCUT2D eigenvalue weighted by molar-refractivity contribution is 0.0206. The summed E-state index contributed by atoms with van der Waals surface area (Å²) in [5.41, 5.74) is 7.12. The number of anilines is 1. The van der Waals surface area contributed by atoms with E-state index in [1.54, 1.807) is 18.7 Å². The van der Waals surface area contributed by atoms with Gasteiger partial charge in [-0.15, -0.1) is 0 Å². The van der Waals surface area contributed by atoms with E-state index >= 15 is 0 Å². The van der Waals surface area contributed by atoms with Gasteiger partial charge in [0.25, 0.3) is 0 Å². The Bertz CT molecular complexity index is 417. The van der Waals surface area contributed by atoms with Gasteiger partial charge in [0, 0.05) is 13.7 Å². The Hall–Kier alpha value is -1.60. The normalized spacial score (nSPS) is 10.7. The average molecular weight is 271 g/mol. The minimum atomic E-state index is -0.477. The zero-order chi connectivity index (χ0) is 14.3. The third-order valence-corrected chi connectivity index (χ3v) is 2.56. The number of ether oxygens (including phenoxy) is 3. The molecule has 19 heavy (non-hydrogen) atoms. The SMILES string of the molecule is CCn1nc(C)c(N)c1C(=O)OCCOCCOC. The molecule has 7 nitrogen and oxygen atoms in total. The highest BCUT2D eigenvalue weighted by Crippen LogP contribution is 2.17. The first-order chi connectivity index (χ1) is 9.11. The van der Waals surface area contributed by atoms with Crippen LogP contribution < -0.4 is 5.73 Å². The minimum absolute atomic E-state index is 0.177. The summed E-state index contributed by atoms with van der Waals surface area (Å²) in [7, 11) is 1.60. The molecule has 0 aliphatic carbocycles. The van der Waals surface area contributed by atoms with Gasteiger partial charge in [0.15, 0.2) is 5.69 Å². The van der Waals surface area contributed by atoms with Crippen molar-refractivity contribution in [3.05, 3.63) is 11.4 Å². The third-order valence-electron chi connectivity index (χ3n) is 2.56. The van der Waals surface area contributed by atoms with E-state index in [9.17, 15) is 4.79 Å². The van der Waals surface area contributed by atoms with E-state index in [0.29, 0.717) is 43.4 Å². The second-order valence-electron chi connectivity index (χ2n) is 3.90. The Morgan fingerprint density at radius 1 is 1.32 bits per heavy atom. The fourth-order valence-corrected chi connectivity index (χ4v) is 1.55. The molecule has 0 radical (unpaired) electrons. The molecular weight excluding hydrogens is 250 g/mol. The van der Waals surface area contributed by atoms with E-state index in [0.717, 1.165) is 0 Å². The molecule has 0 aliphatic heterocycles. The molecule has 0 fully saturated rings. The molecular formula is C12H21N3O4. The molecule has 2 N–H and O–H groups in total. The van der Waals surface area contributed by atoms with Crippen LogP contribution in [0.1, 0.15) is 23.1 Å². The Kier molecular flexibility index (Phi) is 6.31. The molecule has 0 aliphatic rings. The zero-order valence-corrected chi connectivity index (χ0v) is 11.6. The van der Waals surface area contributed by atoms with Crippen LogP contribution in [-0.4, -0.2) is 49.3 Å². The smallest absolute Gasteiger partial charge is 0.358 e. The lowest BCUT2D eigenvalue weighted by atomic mass is 10.3. The summed E-state index contributed by atoms with van der Waals surface area (Å²) in [6, 6.07) is 0. The molecule has 0 atom stereocenters. The monoisotopic (exact) mass is 271 g/mol. The molecule has 1 heterocycles. The highest BCUT2D eigenvalue weighted by atomic mass is 16.6. The maximum absolute atomic E-state index is 11.9. The number of aromatic nitrogens is 2. The summed E-state index contributed by atoms with van der Waals surface area (Å²) in [6.45, 7) is 5.70. The van der Waals surface area contributed by atoms with Gasteiger partial charge >= 0.3 is 5.97 Å². The van der Waals surface area contributed by atoms with Crippen LogP contribution in [0.2, 0.25) is 0 Å². The van der Waals surface area contributed by atoms with Gasteiger partial charge in [-0.25, -0.2) is 4.79 Å². The number of nitrogens with two attached hydrogens (primary N) is 1. The largest absolute Gasteiger partial charge is 0.458 e. The van der Waals surface area contributed by atoms with Crippen LogP contribution in [0.15, 0.2) is 0 Å². The number of hydrogen-bond acceptors (Lipinski definition) is 6. The van der Waals surface area contributed by atoms with Crippen LogP contribution in [0, 0.1) is 6.92 Å². The molecule has 0 saturated heterocycles. The second-order valence-corrected chi connectivity index (χ2v) is 3.90. The molecule has 0 saturated carbocycles. The highest BCUT2D eigenvalue weighted by molar-refractivity contribution is 5.93. The van der Waals surface area contributed by atoms with Crippen molar-refractivity contribution in [2.24, 2.45) is 0 Å². The second kappa shape index (κ2) is 7.75. The van der Waals surface area contributed by atoms with Crippen LogP contribution in [-0.2, 0) is 20.8 Å². The molecule has 0 aromatic carbocycles. The van der Waals surface area contributed by atoms with Crippen molar-refractivity contribution in [3.63, 3.8) is 0 Å². The number of aryl methyl sites for hydroxylation is 2. The minimum Gasteiger partial charge on any atom is -0.458 e. The van der Waals surface area contributed by atoms with E-state index in [2.05, 4.69) is 5.10 Å². The quantitative estimate of drug-likeness (QED) is 0.550. The lowest BCUT2D eigenvalue weighted by Gasteiger charge is -2.07. The first-order valence-electron chi connectivity index (χ1n) is 6.18. The number of carbonyl (C=O) groups excluding carboxylic acids is 1. The first kappa shape index (κ1) is 15.5. The summed E-state index contributed by atoms with van der Waals surface area (Å²) >= 11 is 0. The fraction of sp³-hybridized carbons (Fsp3) is 0.667. The van der Waals surface area contributed by atoms with Crippen LogP contribution in [0.5, 0.6) is 0 Å². The van der Waals surface area contributed by atoms with Gasteiger partial charge in [0.2, 0.25) is 0 Å². The van der Waals surface area contributed by atoms with Crippen molar-refractivity contribution in [1.82, 2.24) is 9.78 Å². The number of esters is 1. The number of carbonyl (C=O) groups is 1. The van der Waals surface area contributed by atoms with Crippen molar-refractivity contribution in [2.75, 3.05) is 39.3 Å². The van der Waals surface area contributed by atoms with Gasteiger partial charge in [-0.1, -0.05) is 0 Å². The maximum atomic E-state index is 11.9. The van der Waals surface area contributed by atoms with Gasteiger partial charge < -0.3 is 19.9 Å². The van der Waals surface area contributed by atoms with E-state index < -0.39 is 5.97 Å². The summed E-state index contributed by atoms with van der Waals surface area (Å²) < 4.78 is 16.7. The number of methoxy groups -OCH3 is 1. The average Bonchev–Trinajstić information content (AvgIpc) is 2.69. The van der Waals surface area contributed by atoms with Gasteiger partial charge in [-0.05, 0) is 13.8 Å². The Balaban J connectivity index is 2.45. The van der Waals surface area contributed by atoms with Crippen LogP contribution in [0.3, 0.4) is 0 Å². The van der Waals surface area contributed by atoms with Crippen LogP contribution >= 0.6 is 0 Å². The summed E-state index contributed by atoms with van der Waals surface area (Å²) in [5, 5.41) is 4.16. The summed E-state index contributed by atoms with van der Waals surface area (Å²) in [6.07, 6.45) is 0. The molecule has 7 heteroatoms. The van der Waals surface area contributed by atoms with E-state index in [1.165, 1.54) is 0 Å². The number of nitrogen functional groups attached to an aromatic ring is 1. The molecule has 0 unspecified atom stereocenters. The van der Waals surface area contributed by atoms with E-state index in [4.69, 9.17) is 19.9 Å². The lowest BCUT2D eigenvalue weighted by Crippen LogP contribution is -2.17. The maximum Gasteiger partial charge on any atom is 0.358 e. The molecule has 0 bridgehead atoms. The summed E-state index contributed by atoms with van der Waals surface area (Å²) in [4.78, 5) is 11.9. The van der Waals surface area contributed by atoms with Crippen LogP contribution in [0.4, 0.5) is 5.69 Å². The van der Waals surface area contributed by atoms with Gasteiger partial charge in [0.05, 0.1) is 31.2 Å². The van der Waals surface area contributed by atoms with Crippen molar-refractivity contribution in [2.45, 2.75) is 20.4 Å². The Morgan fingerprint density at radius 3 is 2.63 bits per heavy atom. The van der Waals surface area contributed by atoms with Gasteiger partial charge in [0.1, 0.15) is 6.61 Å². The van der Waals surface area contributed by atoms with Crippen molar-refractivity contribution in [3.8, 4) is 0 Å². The third kappa shape index (κ3) is 4.22. The van der Waals surface area contributed by atoms with E-state index in [1.807, 2.05) is 6.92 Å². The molecule has 0 amide bonds.